The molecule has 0 spiro atoms. The number of carbonyl (C=O) groups excluding carboxylic acids is 1. The molecule has 0 N–H and O–H groups in total. The molecule has 1 aliphatic rings. The third kappa shape index (κ3) is 3.98. The first-order chi connectivity index (χ1) is 11.3. The Morgan fingerprint density at radius 2 is 2.30 bits per heavy atom. The van der Waals surface area contributed by atoms with E-state index in [-0.39, 0.29) is 5.91 Å². The van der Waals surface area contributed by atoms with Crippen LogP contribution in [0.4, 0.5) is 5.13 Å². The van der Waals surface area contributed by atoms with Crippen LogP contribution in [-0.4, -0.2) is 46.3 Å². The summed E-state index contributed by atoms with van der Waals surface area (Å²) in [5.74, 6) is 1.61. The summed E-state index contributed by atoms with van der Waals surface area (Å²) >= 11 is 1.44. The van der Waals surface area contributed by atoms with Crippen molar-refractivity contribution < 1.29 is 9.21 Å². The van der Waals surface area contributed by atoms with Gasteiger partial charge in [-0.2, -0.15) is 4.37 Å². The van der Waals surface area contributed by atoms with Crippen molar-refractivity contribution in [2.45, 2.75) is 19.8 Å². The third-order valence-corrected chi connectivity index (χ3v) is 4.60. The number of hydrogen-bond donors (Lipinski definition) is 0. The Labute approximate surface area is 139 Å². The average Bonchev–Trinajstić information content (AvgIpc) is 3.20. The monoisotopic (exact) mass is 332 g/mol. The Hall–Kier alpha value is -2.15. The summed E-state index contributed by atoms with van der Waals surface area (Å²) in [4.78, 5) is 20.9. The maximum atomic E-state index is 12.3. The normalized spacial score (nSPS) is 16.0. The fourth-order valence-electron chi connectivity index (χ4n) is 2.49. The Balaban J connectivity index is 1.58. The molecule has 0 bridgehead atoms. The van der Waals surface area contributed by atoms with Gasteiger partial charge in [0.2, 0.25) is 11.0 Å². The minimum absolute atomic E-state index is 0.0229. The minimum atomic E-state index is 0.0229. The molecule has 0 atom stereocenters. The lowest BCUT2D eigenvalue weighted by Crippen LogP contribution is -2.34. The average molecular weight is 332 g/mol. The van der Waals surface area contributed by atoms with Crippen molar-refractivity contribution in [3.05, 3.63) is 36.1 Å². The van der Waals surface area contributed by atoms with E-state index in [4.69, 9.17) is 4.42 Å². The van der Waals surface area contributed by atoms with Crippen LogP contribution in [0, 0.1) is 0 Å². The Morgan fingerprint density at radius 3 is 3.04 bits per heavy atom. The van der Waals surface area contributed by atoms with Crippen molar-refractivity contribution >= 4 is 28.6 Å². The maximum Gasteiger partial charge on any atom is 0.246 e. The maximum absolute atomic E-state index is 12.3. The molecule has 0 radical (unpaired) electrons. The van der Waals surface area contributed by atoms with Crippen LogP contribution in [0.15, 0.2) is 28.9 Å². The number of aromatic nitrogens is 2. The SMILES string of the molecule is CCc1nsc(N2CCCN(C(=O)/C=C/c3ccco3)CC2)n1. The fraction of sp³-hybridized carbons (Fsp3) is 0.438. The Kier molecular flexibility index (Phi) is 5.07. The number of carbonyl (C=O) groups is 1. The van der Waals surface area contributed by atoms with E-state index in [1.807, 2.05) is 11.0 Å². The molecular weight excluding hydrogens is 312 g/mol. The highest BCUT2D eigenvalue weighted by Crippen LogP contribution is 2.19. The Bertz CT molecular complexity index is 665. The smallest absolute Gasteiger partial charge is 0.246 e. The van der Waals surface area contributed by atoms with Gasteiger partial charge < -0.3 is 14.2 Å². The zero-order chi connectivity index (χ0) is 16.1. The van der Waals surface area contributed by atoms with Gasteiger partial charge in [0.05, 0.1) is 6.26 Å². The molecule has 23 heavy (non-hydrogen) atoms. The van der Waals surface area contributed by atoms with Gasteiger partial charge in [0.25, 0.3) is 0 Å². The van der Waals surface area contributed by atoms with Gasteiger partial charge in [-0.05, 0) is 24.6 Å². The number of rotatable bonds is 4. The molecule has 1 saturated heterocycles. The molecule has 1 aliphatic heterocycles. The molecule has 2 aromatic rings. The molecule has 7 heteroatoms. The van der Waals surface area contributed by atoms with Gasteiger partial charge in [-0.1, -0.05) is 6.92 Å². The van der Waals surface area contributed by atoms with E-state index in [9.17, 15) is 4.79 Å². The summed E-state index contributed by atoms with van der Waals surface area (Å²) in [7, 11) is 0. The highest BCUT2D eigenvalue weighted by atomic mass is 32.1. The quantitative estimate of drug-likeness (QED) is 0.805. The minimum Gasteiger partial charge on any atom is -0.465 e. The number of aryl methyl sites for hydroxylation is 1. The topological polar surface area (TPSA) is 62.5 Å². The van der Waals surface area contributed by atoms with Gasteiger partial charge in [0, 0.05) is 50.2 Å². The molecule has 0 unspecified atom stereocenters. The van der Waals surface area contributed by atoms with Crippen LogP contribution in [0.3, 0.4) is 0 Å². The highest BCUT2D eigenvalue weighted by Gasteiger charge is 2.20. The van der Waals surface area contributed by atoms with Crippen LogP contribution in [0.25, 0.3) is 6.08 Å². The summed E-state index contributed by atoms with van der Waals surface area (Å²) in [6.07, 6.45) is 6.67. The van der Waals surface area contributed by atoms with Gasteiger partial charge in [-0.15, -0.1) is 0 Å². The van der Waals surface area contributed by atoms with Crippen molar-refractivity contribution in [2.75, 3.05) is 31.1 Å². The molecule has 2 aromatic heterocycles. The van der Waals surface area contributed by atoms with Crippen LogP contribution < -0.4 is 4.90 Å². The third-order valence-electron chi connectivity index (χ3n) is 3.79. The van der Waals surface area contributed by atoms with E-state index < -0.39 is 0 Å². The second-order valence-electron chi connectivity index (χ2n) is 5.36. The first-order valence-electron chi connectivity index (χ1n) is 7.84. The van der Waals surface area contributed by atoms with Crippen LogP contribution in [0.5, 0.6) is 0 Å². The number of amides is 1. The summed E-state index contributed by atoms with van der Waals surface area (Å²) in [5.41, 5.74) is 0. The number of furan rings is 1. The second kappa shape index (κ2) is 7.41. The number of anilines is 1. The lowest BCUT2D eigenvalue weighted by Gasteiger charge is -2.20. The van der Waals surface area contributed by atoms with Crippen LogP contribution in [-0.2, 0) is 11.2 Å². The molecule has 6 nitrogen and oxygen atoms in total. The van der Waals surface area contributed by atoms with E-state index in [0.717, 1.165) is 43.4 Å². The predicted octanol–water partition coefficient (Wildman–Crippen LogP) is 2.45. The van der Waals surface area contributed by atoms with E-state index in [1.165, 1.54) is 11.5 Å². The van der Waals surface area contributed by atoms with Gasteiger partial charge >= 0.3 is 0 Å². The highest BCUT2D eigenvalue weighted by molar-refractivity contribution is 7.09. The van der Waals surface area contributed by atoms with Crippen LogP contribution in [0.1, 0.15) is 24.9 Å². The first-order valence-corrected chi connectivity index (χ1v) is 8.61. The van der Waals surface area contributed by atoms with Crippen molar-refractivity contribution in [3.63, 3.8) is 0 Å². The number of nitrogens with zero attached hydrogens (tertiary/aromatic N) is 4. The molecule has 3 rings (SSSR count). The van der Waals surface area contributed by atoms with E-state index in [1.54, 1.807) is 24.5 Å². The lowest BCUT2D eigenvalue weighted by molar-refractivity contribution is -0.125. The van der Waals surface area contributed by atoms with E-state index >= 15 is 0 Å². The summed E-state index contributed by atoms with van der Waals surface area (Å²) in [6, 6.07) is 3.63. The standard InChI is InChI=1S/C16H20N4O2S/c1-2-14-17-16(23-18-14)20-9-4-8-19(10-11-20)15(21)7-6-13-5-3-12-22-13/h3,5-7,12H,2,4,8-11H2,1H3/b7-6+. The molecular formula is C16H20N4O2S. The van der Waals surface area contributed by atoms with Crippen LogP contribution >= 0.6 is 11.5 Å². The Morgan fingerprint density at radius 1 is 1.39 bits per heavy atom. The van der Waals surface area contributed by atoms with Gasteiger partial charge in [-0.25, -0.2) is 4.98 Å². The molecule has 122 valence electrons. The van der Waals surface area contributed by atoms with Crippen molar-refractivity contribution in [1.82, 2.24) is 14.3 Å². The van der Waals surface area contributed by atoms with E-state index in [0.29, 0.717) is 12.3 Å². The molecule has 0 aliphatic carbocycles. The van der Waals surface area contributed by atoms with Crippen molar-refractivity contribution in [3.8, 4) is 0 Å². The molecule has 1 amide bonds. The summed E-state index contributed by atoms with van der Waals surface area (Å²) < 4.78 is 9.54. The second-order valence-corrected chi connectivity index (χ2v) is 6.09. The van der Waals surface area contributed by atoms with Gasteiger partial charge in [0.15, 0.2) is 0 Å². The van der Waals surface area contributed by atoms with Gasteiger partial charge in [-0.3, -0.25) is 4.79 Å². The number of hydrogen-bond acceptors (Lipinski definition) is 6. The van der Waals surface area contributed by atoms with Crippen molar-refractivity contribution in [2.24, 2.45) is 0 Å². The molecule has 3 heterocycles. The van der Waals surface area contributed by atoms with Crippen molar-refractivity contribution in [1.29, 1.82) is 0 Å². The summed E-state index contributed by atoms with van der Waals surface area (Å²) in [6.45, 7) is 5.21. The first kappa shape index (κ1) is 15.7. The molecule has 0 saturated carbocycles. The predicted molar refractivity (Wildman–Crippen MR) is 90.4 cm³/mol. The zero-order valence-corrected chi connectivity index (χ0v) is 14.0. The lowest BCUT2D eigenvalue weighted by atomic mass is 10.3. The van der Waals surface area contributed by atoms with E-state index in [2.05, 4.69) is 21.2 Å². The summed E-state index contributed by atoms with van der Waals surface area (Å²) in [5, 5.41) is 0.960. The molecule has 0 aromatic carbocycles. The largest absolute Gasteiger partial charge is 0.465 e. The molecule has 1 fully saturated rings. The fourth-order valence-corrected chi connectivity index (χ4v) is 3.29. The van der Waals surface area contributed by atoms with Crippen LogP contribution in [0.2, 0.25) is 0 Å². The zero-order valence-electron chi connectivity index (χ0n) is 13.1. The van der Waals surface area contributed by atoms with Gasteiger partial charge in [0.1, 0.15) is 11.6 Å².